The van der Waals surface area contributed by atoms with Crippen LogP contribution in [0.1, 0.15) is 18.4 Å². The zero-order valence-electron chi connectivity index (χ0n) is 11.0. The zero-order valence-corrected chi connectivity index (χ0v) is 11.7. The Kier molecular flexibility index (Phi) is 3.36. The molecule has 0 fully saturated rings. The standard InChI is InChI=1S/C14H16ClN5/c15-10-6-4-9(5-7-10)12-11-3-1-2-8-18-13(11)20(19-12)14(16)17/h4-7,18H,1-3,8H2,(H3,16,17). The molecule has 6 heteroatoms. The van der Waals surface area contributed by atoms with Crippen LogP contribution in [0.5, 0.6) is 0 Å². The molecule has 2 heterocycles. The third-order valence-corrected chi connectivity index (χ3v) is 3.73. The van der Waals surface area contributed by atoms with Crippen LogP contribution < -0.4 is 11.1 Å². The molecule has 1 aliphatic heterocycles. The first-order chi connectivity index (χ1) is 9.66. The molecule has 2 aromatic rings. The minimum Gasteiger partial charge on any atom is -0.370 e. The van der Waals surface area contributed by atoms with Gasteiger partial charge in [-0.15, -0.1) is 0 Å². The third-order valence-electron chi connectivity index (χ3n) is 3.48. The fourth-order valence-corrected chi connectivity index (χ4v) is 2.64. The maximum atomic E-state index is 7.67. The second-order valence-corrected chi connectivity index (χ2v) is 5.30. The lowest BCUT2D eigenvalue weighted by Gasteiger charge is -2.06. The maximum Gasteiger partial charge on any atom is 0.215 e. The maximum absolute atomic E-state index is 7.67. The zero-order chi connectivity index (χ0) is 14.1. The SMILES string of the molecule is N=C(N)n1nc(-c2ccc(Cl)cc2)c2c1NCCCC2. The Morgan fingerprint density at radius 1 is 1.30 bits per heavy atom. The number of anilines is 1. The van der Waals surface area contributed by atoms with Crippen LogP contribution in [-0.2, 0) is 6.42 Å². The first-order valence-corrected chi connectivity index (χ1v) is 7.00. The van der Waals surface area contributed by atoms with Crippen LogP contribution >= 0.6 is 11.6 Å². The van der Waals surface area contributed by atoms with Gasteiger partial charge in [-0.25, -0.2) is 0 Å². The van der Waals surface area contributed by atoms with Crippen LogP contribution in [0.25, 0.3) is 11.3 Å². The summed E-state index contributed by atoms with van der Waals surface area (Å²) in [5, 5.41) is 16.2. The number of nitrogens with one attached hydrogen (secondary N) is 2. The summed E-state index contributed by atoms with van der Waals surface area (Å²) in [6.45, 7) is 0.881. The van der Waals surface area contributed by atoms with E-state index < -0.39 is 0 Å². The van der Waals surface area contributed by atoms with Crippen molar-refractivity contribution in [1.82, 2.24) is 9.78 Å². The first-order valence-electron chi connectivity index (χ1n) is 6.63. The Morgan fingerprint density at radius 3 is 2.75 bits per heavy atom. The monoisotopic (exact) mass is 289 g/mol. The predicted octanol–water partition coefficient (Wildman–Crippen LogP) is 2.69. The van der Waals surface area contributed by atoms with E-state index in [9.17, 15) is 0 Å². The molecular weight excluding hydrogens is 274 g/mol. The van der Waals surface area contributed by atoms with Gasteiger partial charge in [-0.05, 0) is 31.4 Å². The number of nitrogens with zero attached hydrogens (tertiary/aromatic N) is 2. The van der Waals surface area contributed by atoms with Crippen molar-refractivity contribution in [3.8, 4) is 11.3 Å². The van der Waals surface area contributed by atoms with Gasteiger partial charge in [0.1, 0.15) is 5.82 Å². The number of hydrogen-bond acceptors (Lipinski definition) is 3. The Labute approximate surface area is 122 Å². The van der Waals surface area contributed by atoms with E-state index in [2.05, 4.69) is 10.4 Å². The molecule has 0 bridgehead atoms. The second-order valence-electron chi connectivity index (χ2n) is 4.86. The number of fused-ring (bicyclic) bond motifs is 1. The number of benzene rings is 1. The topological polar surface area (TPSA) is 79.7 Å². The highest BCUT2D eigenvalue weighted by Crippen LogP contribution is 2.32. The van der Waals surface area contributed by atoms with E-state index in [4.69, 9.17) is 22.7 Å². The van der Waals surface area contributed by atoms with Crippen molar-refractivity contribution in [2.75, 3.05) is 11.9 Å². The molecule has 0 atom stereocenters. The molecule has 104 valence electrons. The summed E-state index contributed by atoms with van der Waals surface area (Å²) in [6, 6.07) is 7.58. The van der Waals surface area contributed by atoms with E-state index in [0.29, 0.717) is 5.02 Å². The molecule has 0 aliphatic carbocycles. The fourth-order valence-electron chi connectivity index (χ4n) is 2.52. The highest BCUT2D eigenvalue weighted by Gasteiger charge is 2.21. The quantitative estimate of drug-likeness (QED) is 0.558. The van der Waals surface area contributed by atoms with E-state index >= 15 is 0 Å². The summed E-state index contributed by atoms with van der Waals surface area (Å²) >= 11 is 5.93. The normalized spacial score (nSPS) is 14.2. The highest BCUT2D eigenvalue weighted by molar-refractivity contribution is 6.30. The van der Waals surface area contributed by atoms with Crippen molar-refractivity contribution < 1.29 is 0 Å². The van der Waals surface area contributed by atoms with Crippen molar-refractivity contribution >= 4 is 23.4 Å². The Morgan fingerprint density at radius 2 is 2.05 bits per heavy atom. The van der Waals surface area contributed by atoms with Gasteiger partial charge < -0.3 is 11.1 Å². The molecule has 0 saturated heterocycles. The van der Waals surface area contributed by atoms with Crippen molar-refractivity contribution in [3.05, 3.63) is 34.9 Å². The lowest BCUT2D eigenvalue weighted by atomic mass is 10.0. The smallest absolute Gasteiger partial charge is 0.215 e. The van der Waals surface area contributed by atoms with Crippen molar-refractivity contribution in [1.29, 1.82) is 5.41 Å². The molecular formula is C14H16ClN5. The fraction of sp³-hybridized carbons (Fsp3) is 0.286. The van der Waals surface area contributed by atoms with Crippen LogP contribution in [-0.4, -0.2) is 22.3 Å². The van der Waals surface area contributed by atoms with Crippen LogP contribution in [0.3, 0.4) is 0 Å². The van der Waals surface area contributed by atoms with Gasteiger partial charge in [0.15, 0.2) is 0 Å². The van der Waals surface area contributed by atoms with E-state index in [1.54, 1.807) is 0 Å². The van der Waals surface area contributed by atoms with Crippen molar-refractivity contribution in [2.24, 2.45) is 5.73 Å². The Hall–Kier alpha value is -2.01. The largest absolute Gasteiger partial charge is 0.370 e. The Bertz CT molecular complexity index is 644. The lowest BCUT2D eigenvalue weighted by Crippen LogP contribution is -2.24. The van der Waals surface area contributed by atoms with Gasteiger partial charge in [-0.1, -0.05) is 23.7 Å². The minimum absolute atomic E-state index is 0.0733. The summed E-state index contributed by atoms with van der Waals surface area (Å²) in [5.74, 6) is 0.774. The van der Waals surface area contributed by atoms with Crippen LogP contribution in [0.4, 0.5) is 5.82 Å². The number of rotatable bonds is 1. The van der Waals surface area contributed by atoms with Gasteiger partial charge in [0.2, 0.25) is 5.96 Å². The molecule has 3 rings (SSSR count). The molecule has 0 saturated carbocycles. The summed E-state index contributed by atoms with van der Waals surface area (Å²) < 4.78 is 1.48. The Balaban J connectivity index is 2.15. The van der Waals surface area contributed by atoms with E-state index in [1.165, 1.54) is 4.68 Å². The molecule has 0 spiro atoms. The van der Waals surface area contributed by atoms with Gasteiger partial charge in [-0.3, -0.25) is 5.41 Å². The van der Waals surface area contributed by atoms with Crippen molar-refractivity contribution in [2.45, 2.75) is 19.3 Å². The first kappa shape index (κ1) is 13.0. The number of aromatic nitrogens is 2. The minimum atomic E-state index is -0.0733. The molecule has 20 heavy (non-hydrogen) atoms. The summed E-state index contributed by atoms with van der Waals surface area (Å²) in [5.41, 5.74) is 8.62. The molecule has 0 unspecified atom stereocenters. The van der Waals surface area contributed by atoms with Gasteiger partial charge >= 0.3 is 0 Å². The molecule has 0 amide bonds. The van der Waals surface area contributed by atoms with E-state index in [0.717, 1.165) is 48.4 Å². The third kappa shape index (κ3) is 2.25. The molecule has 1 aliphatic rings. The molecule has 5 nitrogen and oxygen atoms in total. The van der Waals surface area contributed by atoms with Crippen LogP contribution in [0, 0.1) is 5.41 Å². The number of nitrogen functional groups attached to an aromatic ring is 1. The number of hydrogen-bond donors (Lipinski definition) is 3. The van der Waals surface area contributed by atoms with Crippen LogP contribution in [0.2, 0.25) is 5.02 Å². The second kappa shape index (κ2) is 5.17. The summed E-state index contributed by atoms with van der Waals surface area (Å²) in [4.78, 5) is 0. The van der Waals surface area contributed by atoms with E-state index in [-0.39, 0.29) is 5.96 Å². The molecule has 1 aromatic carbocycles. The number of nitrogens with two attached hydrogens (primary N) is 1. The molecule has 1 aromatic heterocycles. The van der Waals surface area contributed by atoms with Gasteiger partial charge in [-0.2, -0.15) is 9.78 Å². The van der Waals surface area contributed by atoms with Gasteiger partial charge in [0.05, 0.1) is 5.69 Å². The molecule has 4 N–H and O–H groups in total. The van der Waals surface area contributed by atoms with E-state index in [1.807, 2.05) is 24.3 Å². The predicted molar refractivity (Wildman–Crippen MR) is 81.4 cm³/mol. The van der Waals surface area contributed by atoms with Gasteiger partial charge in [0.25, 0.3) is 0 Å². The van der Waals surface area contributed by atoms with Gasteiger partial charge in [0, 0.05) is 22.7 Å². The average molecular weight is 290 g/mol. The lowest BCUT2D eigenvalue weighted by molar-refractivity contribution is 0.781. The van der Waals surface area contributed by atoms with Crippen LogP contribution in [0.15, 0.2) is 24.3 Å². The summed E-state index contributed by atoms with van der Waals surface area (Å²) in [6.07, 6.45) is 3.14. The highest BCUT2D eigenvalue weighted by atomic mass is 35.5. The van der Waals surface area contributed by atoms with Crippen molar-refractivity contribution in [3.63, 3.8) is 0 Å². The molecule has 0 radical (unpaired) electrons. The summed E-state index contributed by atoms with van der Waals surface area (Å²) in [7, 11) is 0. The number of halogens is 1. The average Bonchev–Trinajstić information content (AvgIpc) is 2.63.